The summed E-state index contributed by atoms with van der Waals surface area (Å²) in [7, 11) is 1.67. The predicted octanol–water partition coefficient (Wildman–Crippen LogP) is 3.91. The van der Waals surface area contributed by atoms with Crippen molar-refractivity contribution in [2.24, 2.45) is 11.8 Å². The van der Waals surface area contributed by atoms with Crippen molar-refractivity contribution in [3.63, 3.8) is 0 Å². The Balaban J connectivity index is 1.84. The highest BCUT2D eigenvalue weighted by atomic mass is 16.5. The average molecular weight is 262 g/mol. The minimum atomic E-state index is 0.747. The van der Waals surface area contributed by atoms with Crippen LogP contribution < -0.4 is 15.8 Å². The highest BCUT2D eigenvalue weighted by Gasteiger charge is 2.19. The molecule has 1 fully saturated rings. The van der Waals surface area contributed by atoms with Crippen LogP contribution in [0.2, 0.25) is 0 Å². The first kappa shape index (κ1) is 14.0. The SMILES string of the molecule is CCC1CCC(CNc2cc(N)cc(OC)c2)CC1. The molecule has 3 heteroatoms. The lowest BCUT2D eigenvalue weighted by Crippen LogP contribution is -2.21. The molecule has 1 saturated carbocycles. The lowest BCUT2D eigenvalue weighted by Gasteiger charge is -2.28. The van der Waals surface area contributed by atoms with Crippen LogP contribution in [0.4, 0.5) is 11.4 Å². The van der Waals surface area contributed by atoms with Crippen molar-refractivity contribution >= 4 is 11.4 Å². The summed E-state index contributed by atoms with van der Waals surface area (Å²) in [5.74, 6) is 2.58. The highest BCUT2D eigenvalue weighted by molar-refractivity contribution is 5.59. The van der Waals surface area contributed by atoms with Crippen LogP contribution >= 0.6 is 0 Å². The topological polar surface area (TPSA) is 47.3 Å². The molecular formula is C16H26N2O. The molecule has 0 radical (unpaired) electrons. The van der Waals surface area contributed by atoms with Crippen molar-refractivity contribution in [1.29, 1.82) is 0 Å². The molecule has 1 aromatic rings. The van der Waals surface area contributed by atoms with E-state index in [2.05, 4.69) is 12.2 Å². The first-order valence-corrected chi connectivity index (χ1v) is 7.39. The zero-order valence-corrected chi connectivity index (χ0v) is 12.1. The molecule has 0 spiro atoms. The minimum Gasteiger partial charge on any atom is -0.497 e. The maximum atomic E-state index is 5.86. The van der Waals surface area contributed by atoms with Gasteiger partial charge in [-0.25, -0.2) is 0 Å². The van der Waals surface area contributed by atoms with Crippen molar-refractivity contribution in [2.45, 2.75) is 39.0 Å². The maximum Gasteiger partial charge on any atom is 0.122 e. The third kappa shape index (κ3) is 4.05. The van der Waals surface area contributed by atoms with Gasteiger partial charge in [-0.05, 0) is 30.7 Å². The lowest BCUT2D eigenvalue weighted by molar-refractivity contribution is 0.278. The summed E-state index contributed by atoms with van der Waals surface area (Å²) >= 11 is 0. The number of hydrogen-bond acceptors (Lipinski definition) is 3. The second kappa shape index (κ2) is 6.69. The molecule has 0 saturated heterocycles. The molecule has 0 aliphatic heterocycles. The first-order chi connectivity index (χ1) is 9.21. The van der Waals surface area contributed by atoms with Gasteiger partial charge in [-0.3, -0.25) is 0 Å². The normalized spacial score (nSPS) is 23.1. The van der Waals surface area contributed by atoms with Crippen molar-refractivity contribution in [3.8, 4) is 5.75 Å². The maximum absolute atomic E-state index is 5.86. The standard InChI is InChI=1S/C16H26N2O/c1-3-12-4-6-13(7-5-12)11-18-15-8-14(17)9-16(10-15)19-2/h8-10,12-13,18H,3-7,11,17H2,1-2H3. The Labute approximate surface area is 116 Å². The molecule has 0 heterocycles. The molecule has 0 unspecified atom stereocenters. The zero-order chi connectivity index (χ0) is 13.7. The van der Waals surface area contributed by atoms with Gasteiger partial charge >= 0.3 is 0 Å². The Hall–Kier alpha value is -1.38. The van der Waals surface area contributed by atoms with Crippen LogP contribution in [-0.4, -0.2) is 13.7 Å². The quantitative estimate of drug-likeness (QED) is 0.791. The van der Waals surface area contributed by atoms with Crippen molar-refractivity contribution in [3.05, 3.63) is 18.2 Å². The largest absolute Gasteiger partial charge is 0.497 e. The summed E-state index contributed by atoms with van der Waals surface area (Å²) in [4.78, 5) is 0. The molecular weight excluding hydrogens is 236 g/mol. The molecule has 1 aliphatic rings. The number of rotatable bonds is 5. The van der Waals surface area contributed by atoms with Crippen LogP contribution in [0.15, 0.2) is 18.2 Å². The minimum absolute atomic E-state index is 0.747. The van der Waals surface area contributed by atoms with Gasteiger partial charge in [0, 0.05) is 30.1 Å². The van der Waals surface area contributed by atoms with E-state index in [1.165, 1.54) is 32.1 Å². The summed E-state index contributed by atoms with van der Waals surface area (Å²) in [5.41, 5.74) is 7.67. The van der Waals surface area contributed by atoms with Gasteiger partial charge in [0.25, 0.3) is 0 Å². The Morgan fingerprint density at radius 1 is 1.16 bits per heavy atom. The van der Waals surface area contributed by atoms with Gasteiger partial charge in [-0.1, -0.05) is 26.2 Å². The van der Waals surface area contributed by atoms with Crippen molar-refractivity contribution < 1.29 is 4.74 Å². The Morgan fingerprint density at radius 3 is 2.47 bits per heavy atom. The van der Waals surface area contributed by atoms with E-state index in [1.807, 2.05) is 18.2 Å². The molecule has 0 aromatic heterocycles. The van der Waals surface area contributed by atoms with Crippen molar-refractivity contribution in [1.82, 2.24) is 0 Å². The molecule has 19 heavy (non-hydrogen) atoms. The molecule has 106 valence electrons. The van der Waals surface area contributed by atoms with Gasteiger partial charge in [0.2, 0.25) is 0 Å². The van der Waals surface area contributed by atoms with Crippen LogP contribution in [0, 0.1) is 11.8 Å². The zero-order valence-electron chi connectivity index (χ0n) is 12.1. The van der Waals surface area contributed by atoms with Crippen LogP contribution in [0.1, 0.15) is 39.0 Å². The summed E-state index contributed by atoms with van der Waals surface area (Å²) < 4.78 is 5.24. The fourth-order valence-electron chi connectivity index (χ4n) is 2.95. The Bertz CT molecular complexity index is 398. The van der Waals surface area contributed by atoms with E-state index in [0.717, 1.165) is 35.5 Å². The molecule has 0 atom stereocenters. The van der Waals surface area contributed by atoms with Crippen LogP contribution in [0.5, 0.6) is 5.75 Å². The fraction of sp³-hybridized carbons (Fsp3) is 0.625. The second-order valence-corrected chi connectivity index (χ2v) is 5.67. The van der Waals surface area contributed by atoms with E-state index in [1.54, 1.807) is 7.11 Å². The highest BCUT2D eigenvalue weighted by Crippen LogP contribution is 2.31. The second-order valence-electron chi connectivity index (χ2n) is 5.67. The molecule has 3 N–H and O–H groups in total. The van der Waals surface area contributed by atoms with Gasteiger partial charge in [-0.2, -0.15) is 0 Å². The predicted molar refractivity (Wildman–Crippen MR) is 81.6 cm³/mol. The van der Waals surface area contributed by atoms with Gasteiger partial charge in [-0.15, -0.1) is 0 Å². The van der Waals surface area contributed by atoms with E-state index in [-0.39, 0.29) is 0 Å². The number of benzene rings is 1. The number of ether oxygens (including phenoxy) is 1. The van der Waals surface area contributed by atoms with Crippen molar-refractivity contribution in [2.75, 3.05) is 24.7 Å². The summed E-state index contributed by atoms with van der Waals surface area (Å²) in [6, 6.07) is 5.83. The number of nitrogens with two attached hydrogens (primary N) is 1. The molecule has 0 bridgehead atoms. The van der Waals surface area contributed by atoms with Gasteiger partial charge in [0.05, 0.1) is 7.11 Å². The van der Waals surface area contributed by atoms with Crippen LogP contribution in [0.3, 0.4) is 0 Å². The van der Waals surface area contributed by atoms with E-state index >= 15 is 0 Å². The van der Waals surface area contributed by atoms with Crippen LogP contribution in [0.25, 0.3) is 0 Å². The molecule has 0 amide bonds. The monoisotopic (exact) mass is 262 g/mol. The number of anilines is 2. The molecule has 3 nitrogen and oxygen atoms in total. The summed E-state index contributed by atoms with van der Waals surface area (Å²) in [5, 5.41) is 3.50. The Kier molecular flexibility index (Phi) is 4.94. The third-order valence-corrected chi connectivity index (χ3v) is 4.30. The van der Waals surface area contributed by atoms with Gasteiger partial charge < -0.3 is 15.8 Å². The summed E-state index contributed by atoms with van der Waals surface area (Å²) in [6.07, 6.45) is 6.83. The van der Waals surface area contributed by atoms with E-state index < -0.39 is 0 Å². The van der Waals surface area contributed by atoms with Gasteiger partial charge in [0.1, 0.15) is 5.75 Å². The third-order valence-electron chi connectivity index (χ3n) is 4.30. The number of methoxy groups -OCH3 is 1. The summed E-state index contributed by atoms with van der Waals surface area (Å²) in [6.45, 7) is 3.35. The van der Waals surface area contributed by atoms with Gasteiger partial charge in [0.15, 0.2) is 0 Å². The first-order valence-electron chi connectivity index (χ1n) is 7.39. The lowest BCUT2D eigenvalue weighted by atomic mass is 9.81. The van der Waals surface area contributed by atoms with E-state index in [9.17, 15) is 0 Å². The average Bonchev–Trinajstić information content (AvgIpc) is 2.45. The van der Waals surface area contributed by atoms with Crippen LogP contribution in [-0.2, 0) is 0 Å². The smallest absolute Gasteiger partial charge is 0.122 e. The van der Waals surface area contributed by atoms with E-state index in [4.69, 9.17) is 10.5 Å². The molecule has 2 rings (SSSR count). The number of hydrogen-bond donors (Lipinski definition) is 2. The molecule has 1 aromatic carbocycles. The fourth-order valence-corrected chi connectivity index (χ4v) is 2.95. The van der Waals surface area contributed by atoms with E-state index in [0.29, 0.717) is 0 Å². The number of nitrogens with one attached hydrogen (secondary N) is 1. The Morgan fingerprint density at radius 2 is 1.84 bits per heavy atom. The number of nitrogen functional groups attached to an aromatic ring is 1. The molecule has 1 aliphatic carbocycles.